The highest BCUT2D eigenvalue weighted by molar-refractivity contribution is 5.82. The minimum atomic E-state index is -4.92. The molecule has 1 fully saturated rings. The van der Waals surface area contributed by atoms with Gasteiger partial charge in [-0.05, 0) is 19.3 Å². The van der Waals surface area contributed by atoms with Crippen LogP contribution in [-0.2, 0) is 9.59 Å². The van der Waals surface area contributed by atoms with Crippen LogP contribution in [0.15, 0.2) is 0 Å². The van der Waals surface area contributed by atoms with Crippen molar-refractivity contribution >= 4 is 11.9 Å². The van der Waals surface area contributed by atoms with Gasteiger partial charge in [-0.3, -0.25) is 9.59 Å². The van der Waals surface area contributed by atoms with Gasteiger partial charge in [0.15, 0.2) is 0 Å². The largest absolute Gasteiger partial charge is 0.481 e. The predicted octanol–water partition coefficient (Wildman–Crippen LogP) is 1.40. The second-order valence-corrected chi connectivity index (χ2v) is 3.74. The molecule has 1 heterocycles. The van der Waals surface area contributed by atoms with Crippen LogP contribution in [0, 0.1) is 0 Å². The molecule has 92 valence electrons. The fraction of sp³-hybridized carbons (Fsp3) is 0.778. The molecule has 0 bridgehead atoms. The van der Waals surface area contributed by atoms with Crippen LogP contribution in [0.3, 0.4) is 0 Å². The van der Waals surface area contributed by atoms with Gasteiger partial charge in [-0.2, -0.15) is 13.2 Å². The first-order valence-electron chi connectivity index (χ1n) is 4.92. The Morgan fingerprint density at radius 3 is 2.44 bits per heavy atom. The average molecular weight is 239 g/mol. The zero-order valence-electron chi connectivity index (χ0n) is 8.46. The lowest BCUT2D eigenvalue weighted by molar-refractivity contribution is -0.189. The molecule has 0 spiro atoms. The van der Waals surface area contributed by atoms with Crippen molar-refractivity contribution in [3.8, 4) is 0 Å². The minimum absolute atomic E-state index is 0.0176. The highest BCUT2D eigenvalue weighted by Crippen LogP contribution is 2.26. The minimum Gasteiger partial charge on any atom is -0.481 e. The summed E-state index contributed by atoms with van der Waals surface area (Å²) in [6.07, 6.45) is -3.90. The second-order valence-electron chi connectivity index (χ2n) is 3.74. The first-order chi connectivity index (χ1) is 7.32. The van der Waals surface area contributed by atoms with Crippen molar-refractivity contribution in [1.82, 2.24) is 4.90 Å². The molecule has 0 aromatic carbocycles. The van der Waals surface area contributed by atoms with Gasteiger partial charge in [0.2, 0.25) is 0 Å². The highest BCUT2D eigenvalue weighted by Gasteiger charge is 2.45. The molecule has 1 saturated heterocycles. The first kappa shape index (κ1) is 12.8. The third kappa shape index (κ3) is 3.11. The van der Waals surface area contributed by atoms with E-state index >= 15 is 0 Å². The van der Waals surface area contributed by atoms with Crippen molar-refractivity contribution in [2.75, 3.05) is 6.54 Å². The van der Waals surface area contributed by atoms with Crippen LogP contribution < -0.4 is 0 Å². The average Bonchev–Trinajstić information content (AvgIpc) is 2.15. The number of hydrogen-bond acceptors (Lipinski definition) is 2. The van der Waals surface area contributed by atoms with Crippen LogP contribution in [-0.4, -0.2) is 40.6 Å². The summed E-state index contributed by atoms with van der Waals surface area (Å²) in [5, 5.41) is 8.55. The quantitative estimate of drug-likeness (QED) is 0.792. The topological polar surface area (TPSA) is 57.6 Å². The molecule has 0 radical (unpaired) electrons. The lowest BCUT2D eigenvalue weighted by Crippen LogP contribution is -2.50. The number of carboxylic acids is 1. The van der Waals surface area contributed by atoms with Gasteiger partial charge in [0.25, 0.3) is 0 Å². The molecule has 1 aliphatic rings. The third-order valence-electron chi connectivity index (χ3n) is 2.54. The molecule has 1 aliphatic heterocycles. The van der Waals surface area contributed by atoms with Gasteiger partial charge < -0.3 is 10.0 Å². The Balaban J connectivity index is 2.74. The number of piperidine rings is 1. The maximum Gasteiger partial charge on any atom is 0.471 e. The molecule has 7 heteroatoms. The number of nitrogens with zero attached hydrogens (tertiary/aromatic N) is 1. The molecule has 1 unspecified atom stereocenters. The number of carbonyl (C=O) groups is 2. The van der Waals surface area contributed by atoms with Crippen molar-refractivity contribution in [3.63, 3.8) is 0 Å². The van der Waals surface area contributed by atoms with Crippen LogP contribution in [0.1, 0.15) is 25.7 Å². The van der Waals surface area contributed by atoms with E-state index in [1.165, 1.54) is 0 Å². The number of rotatable bonds is 2. The fourth-order valence-corrected chi connectivity index (χ4v) is 1.84. The summed E-state index contributed by atoms with van der Waals surface area (Å²) in [5.74, 6) is -3.12. The zero-order valence-corrected chi connectivity index (χ0v) is 8.46. The Morgan fingerprint density at radius 2 is 1.94 bits per heavy atom. The van der Waals surface area contributed by atoms with E-state index in [0.717, 1.165) is 0 Å². The Labute approximate surface area is 90.0 Å². The molecule has 1 N–H and O–H groups in total. The number of carbonyl (C=O) groups excluding carboxylic acids is 1. The van der Waals surface area contributed by atoms with Gasteiger partial charge in [0, 0.05) is 12.6 Å². The van der Waals surface area contributed by atoms with E-state index in [4.69, 9.17) is 5.11 Å². The number of carboxylic acid groups (broad SMARTS) is 1. The Hall–Kier alpha value is -1.27. The second kappa shape index (κ2) is 4.71. The van der Waals surface area contributed by atoms with E-state index < -0.39 is 30.5 Å². The molecule has 0 aromatic heterocycles. The molecule has 1 rings (SSSR count). The molecule has 1 atom stereocenters. The molecule has 4 nitrogen and oxygen atoms in total. The molecular weight excluding hydrogens is 227 g/mol. The summed E-state index contributed by atoms with van der Waals surface area (Å²) < 4.78 is 36.6. The molecule has 0 saturated carbocycles. The van der Waals surface area contributed by atoms with E-state index in [9.17, 15) is 22.8 Å². The molecule has 0 aliphatic carbocycles. The number of hydrogen-bond donors (Lipinski definition) is 1. The number of aliphatic carboxylic acids is 1. The van der Waals surface area contributed by atoms with E-state index in [1.54, 1.807) is 0 Å². The highest BCUT2D eigenvalue weighted by atomic mass is 19.4. The number of likely N-dealkylation sites (tertiary alicyclic amines) is 1. The SMILES string of the molecule is O=C(O)CC1CCCCN1C(=O)C(F)(F)F. The predicted molar refractivity (Wildman–Crippen MR) is 47.7 cm³/mol. The van der Waals surface area contributed by atoms with Gasteiger partial charge in [0.05, 0.1) is 6.42 Å². The van der Waals surface area contributed by atoms with Gasteiger partial charge in [-0.15, -0.1) is 0 Å². The van der Waals surface area contributed by atoms with E-state index in [-0.39, 0.29) is 6.54 Å². The summed E-state index contributed by atoms with van der Waals surface area (Å²) in [7, 11) is 0. The maximum absolute atomic E-state index is 12.2. The summed E-state index contributed by atoms with van der Waals surface area (Å²) in [4.78, 5) is 22.1. The van der Waals surface area contributed by atoms with Crippen molar-refractivity contribution in [3.05, 3.63) is 0 Å². The fourth-order valence-electron chi connectivity index (χ4n) is 1.84. The summed E-state index contributed by atoms with van der Waals surface area (Å²) in [5.41, 5.74) is 0. The van der Waals surface area contributed by atoms with Crippen molar-refractivity contribution < 1.29 is 27.9 Å². The summed E-state index contributed by atoms with van der Waals surface area (Å²) in [6, 6.07) is -0.833. The molecule has 16 heavy (non-hydrogen) atoms. The Kier molecular flexibility index (Phi) is 3.77. The van der Waals surface area contributed by atoms with E-state index in [1.807, 2.05) is 0 Å². The number of amides is 1. The van der Waals surface area contributed by atoms with Crippen LogP contribution in [0.25, 0.3) is 0 Å². The van der Waals surface area contributed by atoms with E-state index in [2.05, 4.69) is 0 Å². The van der Waals surface area contributed by atoms with Crippen LogP contribution in [0.5, 0.6) is 0 Å². The van der Waals surface area contributed by atoms with Crippen LogP contribution >= 0.6 is 0 Å². The van der Waals surface area contributed by atoms with Gasteiger partial charge in [0.1, 0.15) is 0 Å². The molecular formula is C9H12F3NO3. The van der Waals surface area contributed by atoms with Crippen molar-refractivity contribution in [2.24, 2.45) is 0 Å². The smallest absolute Gasteiger partial charge is 0.471 e. The van der Waals surface area contributed by atoms with Gasteiger partial charge in [-0.25, -0.2) is 0 Å². The normalized spacial score (nSPS) is 21.9. The standard InChI is InChI=1S/C9H12F3NO3/c10-9(11,12)8(16)13-4-2-1-3-6(13)5-7(14)15/h6H,1-5H2,(H,14,15). The number of halogens is 3. The summed E-state index contributed by atoms with van der Waals surface area (Å²) >= 11 is 0. The third-order valence-corrected chi connectivity index (χ3v) is 2.54. The Morgan fingerprint density at radius 1 is 1.31 bits per heavy atom. The number of alkyl halides is 3. The maximum atomic E-state index is 12.2. The van der Waals surface area contributed by atoms with Crippen molar-refractivity contribution in [2.45, 2.75) is 37.9 Å². The zero-order chi connectivity index (χ0) is 12.3. The van der Waals surface area contributed by atoms with E-state index in [0.29, 0.717) is 24.2 Å². The monoisotopic (exact) mass is 239 g/mol. The lowest BCUT2D eigenvalue weighted by Gasteiger charge is -2.35. The molecule has 1 amide bonds. The Bertz CT molecular complexity index is 290. The molecule has 0 aromatic rings. The lowest BCUT2D eigenvalue weighted by atomic mass is 9.99. The first-order valence-corrected chi connectivity index (χ1v) is 4.92. The van der Waals surface area contributed by atoms with Crippen LogP contribution in [0.4, 0.5) is 13.2 Å². The van der Waals surface area contributed by atoms with Gasteiger partial charge in [-0.1, -0.05) is 0 Å². The van der Waals surface area contributed by atoms with Crippen molar-refractivity contribution in [1.29, 1.82) is 0 Å². The summed E-state index contributed by atoms with van der Waals surface area (Å²) in [6.45, 7) is -0.0176. The van der Waals surface area contributed by atoms with Crippen LogP contribution in [0.2, 0.25) is 0 Å². The van der Waals surface area contributed by atoms with Gasteiger partial charge >= 0.3 is 18.1 Å².